The highest BCUT2D eigenvalue weighted by Gasteiger charge is 2.51. The van der Waals surface area contributed by atoms with E-state index in [0.717, 1.165) is 12.8 Å². The van der Waals surface area contributed by atoms with E-state index in [0.29, 0.717) is 42.6 Å². The van der Waals surface area contributed by atoms with Gasteiger partial charge in [0.05, 0.1) is 12.5 Å². The first-order valence-corrected chi connectivity index (χ1v) is 9.95. The number of aliphatic hydroxyl groups is 1. The molecule has 28 heavy (non-hydrogen) atoms. The summed E-state index contributed by atoms with van der Waals surface area (Å²) >= 11 is 0. The van der Waals surface area contributed by atoms with Crippen LogP contribution >= 0.6 is 0 Å². The van der Waals surface area contributed by atoms with Gasteiger partial charge < -0.3 is 9.84 Å². The van der Waals surface area contributed by atoms with Crippen molar-refractivity contribution in [3.63, 3.8) is 0 Å². The number of allylic oxidation sites excluding steroid dienone is 4. The van der Waals surface area contributed by atoms with E-state index in [1.807, 2.05) is 19.9 Å². The van der Waals surface area contributed by atoms with Gasteiger partial charge in [0.15, 0.2) is 11.6 Å². The Kier molecular flexibility index (Phi) is 7.38. The number of hydrogen-bond acceptors (Lipinski definition) is 4. The molecule has 150 valence electrons. The summed E-state index contributed by atoms with van der Waals surface area (Å²) in [5.41, 5.74) is -0.105. The summed E-state index contributed by atoms with van der Waals surface area (Å²) in [6.45, 7) is 7.78. The Balaban J connectivity index is 2.81. The summed E-state index contributed by atoms with van der Waals surface area (Å²) in [7, 11) is 1.52. The predicted octanol–water partition coefficient (Wildman–Crippen LogP) is 5.56. The van der Waals surface area contributed by atoms with E-state index in [4.69, 9.17) is 4.74 Å². The Morgan fingerprint density at radius 1 is 1.14 bits per heavy atom. The lowest BCUT2D eigenvalue weighted by Gasteiger charge is -2.39. The average Bonchev–Trinajstić information content (AvgIpc) is 2.71. The summed E-state index contributed by atoms with van der Waals surface area (Å²) in [4.78, 5) is 27.0. The van der Waals surface area contributed by atoms with Gasteiger partial charge in [0.2, 0.25) is 0 Å². The predicted molar refractivity (Wildman–Crippen MR) is 112 cm³/mol. The van der Waals surface area contributed by atoms with E-state index in [1.165, 1.54) is 7.11 Å². The molecule has 1 aromatic rings. The van der Waals surface area contributed by atoms with Crippen LogP contribution in [0.4, 0.5) is 0 Å². The number of hydrogen-bond donors (Lipinski definition) is 1. The highest BCUT2D eigenvalue weighted by atomic mass is 16.5. The van der Waals surface area contributed by atoms with Crippen molar-refractivity contribution in [3.8, 4) is 0 Å². The molecule has 0 saturated heterocycles. The molecule has 4 nitrogen and oxygen atoms in total. The van der Waals surface area contributed by atoms with Gasteiger partial charge in [0.1, 0.15) is 17.1 Å². The second kappa shape index (κ2) is 9.54. The van der Waals surface area contributed by atoms with Crippen LogP contribution in [0.3, 0.4) is 0 Å². The number of ketones is 2. The van der Waals surface area contributed by atoms with Crippen molar-refractivity contribution in [2.75, 3.05) is 7.11 Å². The summed E-state index contributed by atoms with van der Waals surface area (Å²) in [6.07, 6.45) is 5.43. The molecule has 1 unspecified atom stereocenters. The zero-order valence-electron chi connectivity index (χ0n) is 17.1. The summed E-state index contributed by atoms with van der Waals surface area (Å²) < 4.78 is 5.70. The minimum Gasteiger partial charge on any atom is -0.506 e. The molecule has 1 aromatic carbocycles. The number of Topliss-reactive ketones (excluding diaryl/α,β-unsaturated/α-hetero) is 2. The highest BCUT2D eigenvalue weighted by molar-refractivity contribution is 6.33. The number of ether oxygens (including phenoxy) is 1. The van der Waals surface area contributed by atoms with Crippen molar-refractivity contribution in [3.05, 3.63) is 65.5 Å². The molecule has 1 atom stereocenters. The maximum absolute atomic E-state index is 13.7. The first-order valence-electron chi connectivity index (χ1n) is 9.95. The Labute approximate surface area is 167 Å². The van der Waals surface area contributed by atoms with Crippen LogP contribution in [-0.2, 0) is 14.3 Å². The van der Waals surface area contributed by atoms with Crippen molar-refractivity contribution in [2.24, 2.45) is 5.41 Å². The Morgan fingerprint density at radius 3 is 2.36 bits per heavy atom. The maximum atomic E-state index is 13.7. The molecule has 0 amide bonds. The van der Waals surface area contributed by atoms with E-state index in [1.54, 1.807) is 30.3 Å². The highest BCUT2D eigenvalue weighted by Crippen LogP contribution is 2.48. The number of methoxy groups -OCH3 is 1. The molecule has 0 fully saturated rings. The average molecular weight is 383 g/mol. The summed E-state index contributed by atoms with van der Waals surface area (Å²) in [5, 5.41) is 10.9. The molecule has 1 aliphatic rings. The van der Waals surface area contributed by atoms with E-state index in [-0.39, 0.29) is 17.1 Å². The van der Waals surface area contributed by atoms with E-state index >= 15 is 0 Å². The molecule has 1 N–H and O–H groups in total. The number of aliphatic hydroxyl groups excluding tert-OH is 1. The second-order valence-electron chi connectivity index (χ2n) is 7.17. The van der Waals surface area contributed by atoms with Gasteiger partial charge in [-0.3, -0.25) is 9.59 Å². The van der Waals surface area contributed by atoms with Gasteiger partial charge in [-0.1, -0.05) is 63.1 Å². The zero-order valence-corrected chi connectivity index (χ0v) is 17.1. The Hall–Kier alpha value is -2.62. The molecular formula is C24H30O4. The van der Waals surface area contributed by atoms with Crippen LogP contribution in [0.1, 0.15) is 57.9 Å². The standard InChI is InChI=1S/C24H30O4/c1-5-8-16-24(15-7-3)22(27)19(20(25)17-13-10-9-11-14-17)21(26)18(12-6-2)23(24)28-4/h5,9-11,13-14,25H,1,6-8,12,15-16H2,2-4H3/b20-19-. The molecule has 0 bridgehead atoms. The lowest BCUT2D eigenvalue weighted by Crippen LogP contribution is -2.43. The van der Waals surface area contributed by atoms with Gasteiger partial charge in [0.25, 0.3) is 0 Å². The van der Waals surface area contributed by atoms with Crippen LogP contribution in [-0.4, -0.2) is 23.8 Å². The summed E-state index contributed by atoms with van der Waals surface area (Å²) in [5.74, 6) is -0.550. The lowest BCUT2D eigenvalue weighted by atomic mass is 9.65. The summed E-state index contributed by atoms with van der Waals surface area (Å²) in [6, 6.07) is 8.75. The minimum atomic E-state index is -0.950. The zero-order chi connectivity index (χ0) is 20.7. The number of carbonyl (C=O) groups excluding carboxylic acids is 2. The van der Waals surface area contributed by atoms with Crippen molar-refractivity contribution < 1.29 is 19.4 Å². The van der Waals surface area contributed by atoms with Crippen LogP contribution in [0, 0.1) is 5.41 Å². The minimum absolute atomic E-state index is 0.118. The third-order valence-electron chi connectivity index (χ3n) is 5.31. The van der Waals surface area contributed by atoms with Gasteiger partial charge in [-0.05, 0) is 25.7 Å². The van der Waals surface area contributed by atoms with Crippen molar-refractivity contribution in [2.45, 2.75) is 52.4 Å². The van der Waals surface area contributed by atoms with Crippen LogP contribution in [0.15, 0.2) is 59.9 Å². The van der Waals surface area contributed by atoms with Gasteiger partial charge in [-0.15, -0.1) is 6.58 Å². The van der Waals surface area contributed by atoms with E-state index in [2.05, 4.69) is 6.58 Å². The molecule has 0 aliphatic heterocycles. The fourth-order valence-corrected chi connectivity index (χ4v) is 4.09. The maximum Gasteiger partial charge on any atom is 0.199 e. The molecule has 4 heteroatoms. The van der Waals surface area contributed by atoms with E-state index in [9.17, 15) is 14.7 Å². The number of carbonyl (C=O) groups is 2. The molecule has 1 aliphatic carbocycles. The fraction of sp³-hybridized carbons (Fsp3) is 0.417. The lowest BCUT2D eigenvalue weighted by molar-refractivity contribution is -0.129. The van der Waals surface area contributed by atoms with E-state index < -0.39 is 11.2 Å². The van der Waals surface area contributed by atoms with Gasteiger partial charge in [-0.2, -0.15) is 0 Å². The SMILES string of the molecule is C=CCCC1(CCC)C(=O)/C(=C(\O)c2ccccc2)C(=O)C(CCC)=C1OC. The topological polar surface area (TPSA) is 63.6 Å². The number of rotatable bonds is 9. The van der Waals surface area contributed by atoms with Crippen molar-refractivity contribution in [1.29, 1.82) is 0 Å². The van der Waals surface area contributed by atoms with Crippen LogP contribution < -0.4 is 0 Å². The van der Waals surface area contributed by atoms with Crippen molar-refractivity contribution in [1.82, 2.24) is 0 Å². The number of benzene rings is 1. The molecular weight excluding hydrogens is 352 g/mol. The Bertz CT molecular complexity index is 801. The van der Waals surface area contributed by atoms with Gasteiger partial charge in [-0.25, -0.2) is 0 Å². The third kappa shape index (κ3) is 3.82. The molecule has 0 heterocycles. The van der Waals surface area contributed by atoms with Crippen LogP contribution in [0.5, 0.6) is 0 Å². The molecule has 0 spiro atoms. The van der Waals surface area contributed by atoms with Crippen LogP contribution in [0.2, 0.25) is 0 Å². The van der Waals surface area contributed by atoms with Gasteiger partial charge in [0, 0.05) is 11.1 Å². The monoisotopic (exact) mass is 382 g/mol. The first kappa shape index (κ1) is 21.7. The smallest absolute Gasteiger partial charge is 0.199 e. The fourth-order valence-electron chi connectivity index (χ4n) is 4.09. The Morgan fingerprint density at radius 2 is 1.82 bits per heavy atom. The van der Waals surface area contributed by atoms with Gasteiger partial charge >= 0.3 is 0 Å². The molecule has 0 radical (unpaired) electrons. The molecule has 2 rings (SSSR count). The molecule has 0 aromatic heterocycles. The quantitative estimate of drug-likeness (QED) is 0.263. The van der Waals surface area contributed by atoms with Crippen LogP contribution in [0.25, 0.3) is 5.76 Å². The third-order valence-corrected chi connectivity index (χ3v) is 5.31. The van der Waals surface area contributed by atoms with Crippen molar-refractivity contribution >= 4 is 17.3 Å². The largest absolute Gasteiger partial charge is 0.506 e. The first-order chi connectivity index (χ1) is 13.5. The molecule has 0 saturated carbocycles. The second-order valence-corrected chi connectivity index (χ2v) is 7.17. The normalized spacial score (nSPS) is 21.7.